The van der Waals surface area contributed by atoms with Gasteiger partial charge in [0.2, 0.25) is 0 Å². The summed E-state index contributed by atoms with van der Waals surface area (Å²) in [6, 6.07) is 18.0. The average molecular weight is 429 g/mol. The summed E-state index contributed by atoms with van der Waals surface area (Å²) >= 11 is 0. The molecule has 1 unspecified atom stereocenters. The van der Waals surface area contributed by atoms with E-state index in [-0.39, 0.29) is 12.6 Å². The molecule has 1 atom stereocenters. The van der Waals surface area contributed by atoms with Crippen LogP contribution in [-0.4, -0.2) is 40.6 Å². The molecule has 3 aromatic rings. The fourth-order valence-electron chi connectivity index (χ4n) is 3.61. The number of carbonyl (C=O) groups is 2. The largest absolute Gasteiger partial charge is 0.465 e. The quantitative estimate of drug-likeness (QED) is 0.558. The van der Waals surface area contributed by atoms with Crippen molar-refractivity contribution >= 4 is 17.6 Å². The van der Waals surface area contributed by atoms with Crippen LogP contribution in [0.5, 0.6) is 0 Å². The number of rotatable bonds is 5. The van der Waals surface area contributed by atoms with Crippen LogP contribution in [0.4, 0.5) is 4.79 Å². The van der Waals surface area contributed by atoms with E-state index in [1.807, 2.05) is 48.5 Å². The lowest BCUT2D eigenvalue weighted by Gasteiger charge is -2.33. The monoisotopic (exact) mass is 429 g/mol. The van der Waals surface area contributed by atoms with Crippen molar-refractivity contribution in [1.29, 1.82) is 0 Å². The van der Waals surface area contributed by atoms with E-state index in [0.717, 1.165) is 16.7 Å². The molecule has 2 aromatic carbocycles. The number of hydrogen-bond acceptors (Lipinski definition) is 6. The van der Waals surface area contributed by atoms with Gasteiger partial charge in [-0.2, -0.15) is 0 Å². The van der Waals surface area contributed by atoms with Gasteiger partial charge in [0.25, 0.3) is 0 Å². The molecule has 0 saturated carbocycles. The first-order valence-corrected chi connectivity index (χ1v) is 10.3. The van der Waals surface area contributed by atoms with E-state index >= 15 is 0 Å². The second kappa shape index (κ2) is 9.87. The number of amides is 1. The van der Waals surface area contributed by atoms with Crippen LogP contribution in [0.25, 0.3) is 5.57 Å². The van der Waals surface area contributed by atoms with Crippen molar-refractivity contribution < 1.29 is 19.1 Å². The van der Waals surface area contributed by atoms with Gasteiger partial charge in [0.1, 0.15) is 6.61 Å². The molecule has 32 heavy (non-hydrogen) atoms. The highest BCUT2D eigenvalue weighted by Gasteiger charge is 2.30. The third-order valence-electron chi connectivity index (χ3n) is 5.28. The minimum Gasteiger partial charge on any atom is -0.465 e. The maximum atomic E-state index is 13.0. The fourth-order valence-corrected chi connectivity index (χ4v) is 3.61. The van der Waals surface area contributed by atoms with Gasteiger partial charge in [-0.25, -0.2) is 19.6 Å². The second-order valence-electron chi connectivity index (χ2n) is 7.31. The van der Waals surface area contributed by atoms with Crippen molar-refractivity contribution in [2.75, 3.05) is 13.7 Å². The van der Waals surface area contributed by atoms with E-state index < -0.39 is 12.1 Å². The zero-order valence-corrected chi connectivity index (χ0v) is 17.7. The SMILES string of the molecule is COC(=O)c1ccc(C2C=C(c3ncccn3)CCN2C(=O)OCc2ccccc2)cc1. The molecule has 0 bridgehead atoms. The highest BCUT2D eigenvalue weighted by Crippen LogP contribution is 2.33. The van der Waals surface area contributed by atoms with Crippen molar-refractivity contribution in [2.24, 2.45) is 0 Å². The Morgan fingerprint density at radius 1 is 1.00 bits per heavy atom. The van der Waals surface area contributed by atoms with Gasteiger partial charge in [0.05, 0.1) is 18.7 Å². The van der Waals surface area contributed by atoms with Gasteiger partial charge in [0, 0.05) is 18.9 Å². The lowest BCUT2D eigenvalue weighted by Crippen LogP contribution is -2.38. The van der Waals surface area contributed by atoms with Gasteiger partial charge in [0.15, 0.2) is 5.82 Å². The smallest absolute Gasteiger partial charge is 0.410 e. The maximum absolute atomic E-state index is 13.0. The van der Waals surface area contributed by atoms with Crippen LogP contribution in [-0.2, 0) is 16.1 Å². The van der Waals surface area contributed by atoms with E-state index in [9.17, 15) is 9.59 Å². The van der Waals surface area contributed by atoms with Gasteiger partial charge in [-0.15, -0.1) is 0 Å². The molecule has 4 rings (SSSR count). The average Bonchev–Trinajstić information content (AvgIpc) is 2.87. The minimum atomic E-state index is -0.409. The molecule has 0 N–H and O–H groups in total. The number of hydrogen-bond donors (Lipinski definition) is 0. The molecule has 7 heteroatoms. The summed E-state index contributed by atoms with van der Waals surface area (Å²) < 4.78 is 10.4. The summed E-state index contributed by atoms with van der Waals surface area (Å²) in [6.45, 7) is 0.656. The highest BCUT2D eigenvalue weighted by atomic mass is 16.6. The Kier molecular flexibility index (Phi) is 6.55. The van der Waals surface area contributed by atoms with Crippen molar-refractivity contribution in [3.63, 3.8) is 0 Å². The molecule has 162 valence electrons. The molecular weight excluding hydrogens is 406 g/mol. The fraction of sp³-hybridized carbons (Fsp3) is 0.200. The van der Waals surface area contributed by atoms with E-state index in [2.05, 4.69) is 9.97 Å². The lowest BCUT2D eigenvalue weighted by atomic mass is 9.95. The lowest BCUT2D eigenvalue weighted by molar-refractivity contribution is 0.0600. The molecule has 0 aliphatic carbocycles. The van der Waals surface area contributed by atoms with Gasteiger partial charge in [-0.1, -0.05) is 48.5 Å². The van der Waals surface area contributed by atoms with Gasteiger partial charge in [-0.05, 0) is 41.3 Å². The number of esters is 1. The van der Waals surface area contributed by atoms with Crippen LogP contribution in [0, 0.1) is 0 Å². The zero-order valence-electron chi connectivity index (χ0n) is 17.7. The van der Waals surface area contributed by atoms with Gasteiger partial charge >= 0.3 is 12.1 Å². The Balaban J connectivity index is 1.60. The normalized spacial score (nSPS) is 15.6. The van der Waals surface area contributed by atoms with Crippen molar-refractivity contribution in [1.82, 2.24) is 14.9 Å². The first-order valence-electron chi connectivity index (χ1n) is 10.3. The molecule has 1 aliphatic rings. The maximum Gasteiger partial charge on any atom is 0.410 e. The third-order valence-corrected chi connectivity index (χ3v) is 5.28. The molecule has 1 aliphatic heterocycles. The summed E-state index contributed by atoms with van der Waals surface area (Å²) in [4.78, 5) is 35.2. The summed E-state index contributed by atoms with van der Waals surface area (Å²) in [5, 5.41) is 0. The van der Waals surface area contributed by atoms with Gasteiger partial charge in [-0.3, -0.25) is 4.90 Å². The summed E-state index contributed by atoms with van der Waals surface area (Å²) in [5.41, 5.74) is 3.17. The Bertz CT molecular complexity index is 1100. The Morgan fingerprint density at radius 3 is 2.41 bits per heavy atom. The van der Waals surface area contributed by atoms with Crippen LogP contribution in [0.1, 0.15) is 39.8 Å². The molecule has 0 radical (unpaired) electrons. The molecule has 1 aromatic heterocycles. The number of carbonyl (C=O) groups excluding carboxylic acids is 2. The van der Waals surface area contributed by atoms with Crippen molar-refractivity contribution in [3.8, 4) is 0 Å². The molecule has 0 saturated heterocycles. The van der Waals surface area contributed by atoms with E-state index in [4.69, 9.17) is 9.47 Å². The molecule has 1 amide bonds. The Labute approximate surface area is 186 Å². The van der Waals surface area contributed by atoms with E-state index in [1.165, 1.54) is 7.11 Å². The highest BCUT2D eigenvalue weighted by molar-refractivity contribution is 5.89. The van der Waals surface area contributed by atoms with E-state index in [1.54, 1.807) is 35.5 Å². The van der Waals surface area contributed by atoms with Crippen LogP contribution in [0.2, 0.25) is 0 Å². The topological polar surface area (TPSA) is 81.6 Å². The summed E-state index contributed by atoms with van der Waals surface area (Å²) in [7, 11) is 1.34. The number of methoxy groups -OCH3 is 1. The molecular formula is C25H23N3O4. The number of ether oxygens (including phenoxy) is 2. The van der Waals surface area contributed by atoms with Crippen LogP contribution < -0.4 is 0 Å². The molecule has 0 fully saturated rings. The summed E-state index contributed by atoms with van der Waals surface area (Å²) in [5.74, 6) is 0.231. The molecule has 0 spiro atoms. The van der Waals surface area contributed by atoms with Crippen molar-refractivity contribution in [2.45, 2.75) is 19.1 Å². The predicted octanol–water partition coefficient (Wildman–Crippen LogP) is 4.43. The van der Waals surface area contributed by atoms with Crippen molar-refractivity contribution in [3.05, 3.63) is 102 Å². The van der Waals surface area contributed by atoms with Crippen LogP contribution >= 0.6 is 0 Å². The number of aromatic nitrogens is 2. The standard InChI is InChI=1S/C25H23N3O4/c1-31-24(29)20-10-8-19(9-11-20)22-16-21(23-26-13-5-14-27-23)12-15-28(22)25(30)32-17-18-6-3-2-4-7-18/h2-11,13-14,16,22H,12,15,17H2,1H3. The molecule has 2 heterocycles. The van der Waals surface area contributed by atoms with Crippen LogP contribution in [0.15, 0.2) is 79.1 Å². The third kappa shape index (κ3) is 4.83. The first-order chi connectivity index (χ1) is 15.7. The second-order valence-corrected chi connectivity index (χ2v) is 7.31. The predicted molar refractivity (Wildman–Crippen MR) is 118 cm³/mol. The number of nitrogens with zero attached hydrogens (tertiary/aromatic N) is 3. The first kappa shape index (κ1) is 21.2. The minimum absolute atomic E-state index is 0.197. The Morgan fingerprint density at radius 2 is 1.72 bits per heavy atom. The zero-order chi connectivity index (χ0) is 22.3. The Hall–Kier alpha value is -4.00. The summed E-state index contributed by atoms with van der Waals surface area (Å²) in [6.07, 6.45) is 5.59. The molecule has 7 nitrogen and oxygen atoms in total. The van der Waals surface area contributed by atoms with E-state index in [0.29, 0.717) is 24.4 Å². The van der Waals surface area contributed by atoms with Gasteiger partial charge < -0.3 is 9.47 Å². The number of benzene rings is 2. The van der Waals surface area contributed by atoms with Crippen LogP contribution in [0.3, 0.4) is 0 Å².